The Morgan fingerprint density at radius 1 is 1.23 bits per heavy atom. The minimum Gasteiger partial charge on any atom is -0.371 e. The average Bonchev–Trinajstić information content (AvgIpc) is 2.16. The zero-order valence-electron chi connectivity index (χ0n) is 8.46. The van der Waals surface area contributed by atoms with Crippen molar-refractivity contribution in [2.45, 2.75) is 13.8 Å². The van der Waals surface area contributed by atoms with Crippen LogP contribution in [0, 0.1) is 6.92 Å². The first-order valence-electron chi connectivity index (χ1n) is 4.79. The third-order valence-electron chi connectivity index (χ3n) is 2.18. The molecular weight excluding hydrogens is 160 g/mol. The van der Waals surface area contributed by atoms with Gasteiger partial charge in [0.05, 0.1) is 0 Å². The van der Waals surface area contributed by atoms with E-state index in [2.05, 4.69) is 43.0 Å². The van der Waals surface area contributed by atoms with Crippen molar-refractivity contribution in [2.24, 2.45) is 5.73 Å². The normalized spacial score (nSPS) is 10.1. The smallest absolute Gasteiger partial charge is 0.0366 e. The zero-order valence-corrected chi connectivity index (χ0v) is 8.46. The second-order valence-corrected chi connectivity index (χ2v) is 3.20. The highest BCUT2D eigenvalue weighted by atomic mass is 15.1. The van der Waals surface area contributed by atoms with Gasteiger partial charge in [0, 0.05) is 25.3 Å². The summed E-state index contributed by atoms with van der Waals surface area (Å²) in [7, 11) is 0. The maximum absolute atomic E-state index is 5.53. The van der Waals surface area contributed by atoms with Gasteiger partial charge >= 0.3 is 0 Å². The van der Waals surface area contributed by atoms with Crippen LogP contribution in [0.2, 0.25) is 0 Å². The summed E-state index contributed by atoms with van der Waals surface area (Å²) in [4.78, 5) is 2.28. The summed E-state index contributed by atoms with van der Waals surface area (Å²) >= 11 is 0. The Morgan fingerprint density at radius 3 is 2.31 bits per heavy atom. The van der Waals surface area contributed by atoms with Gasteiger partial charge in [-0.25, -0.2) is 0 Å². The Labute approximate surface area is 80.4 Å². The summed E-state index contributed by atoms with van der Waals surface area (Å²) in [5.41, 5.74) is 8.09. The number of rotatable bonds is 4. The van der Waals surface area contributed by atoms with Crippen molar-refractivity contribution in [3.63, 3.8) is 0 Å². The summed E-state index contributed by atoms with van der Waals surface area (Å²) in [5, 5.41) is 0. The molecule has 0 amide bonds. The zero-order chi connectivity index (χ0) is 9.68. The van der Waals surface area contributed by atoms with Crippen LogP contribution < -0.4 is 10.6 Å². The molecule has 1 aromatic carbocycles. The van der Waals surface area contributed by atoms with E-state index in [0.717, 1.165) is 13.1 Å². The van der Waals surface area contributed by atoms with Crippen molar-refractivity contribution in [3.05, 3.63) is 29.8 Å². The van der Waals surface area contributed by atoms with Crippen LogP contribution in [0.4, 0.5) is 5.69 Å². The molecule has 0 radical (unpaired) electrons. The second-order valence-electron chi connectivity index (χ2n) is 3.20. The molecule has 0 saturated carbocycles. The molecular formula is C11H18N2. The lowest BCUT2D eigenvalue weighted by atomic mass is 10.2. The SMILES string of the molecule is CCN(CCN)c1ccc(C)cc1. The first kappa shape index (κ1) is 10.1. The maximum Gasteiger partial charge on any atom is 0.0366 e. The number of anilines is 1. The van der Waals surface area contributed by atoms with E-state index in [1.165, 1.54) is 11.3 Å². The van der Waals surface area contributed by atoms with Gasteiger partial charge < -0.3 is 10.6 Å². The van der Waals surface area contributed by atoms with E-state index < -0.39 is 0 Å². The van der Waals surface area contributed by atoms with E-state index in [1.807, 2.05) is 0 Å². The predicted octanol–water partition coefficient (Wildman–Crippen LogP) is 1.78. The van der Waals surface area contributed by atoms with Gasteiger partial charge in [0.25, 0.3) is 0 Å². The highest BCUT2D eigenvalue weighted by Gasteiger charge is 2.00. The summed E-state index contributed by atoms with van der Waals surface area (Å²) in [6.45, 7) is 6.90. The molecule has 1 rings (SSSR count). The first-order chi connectivity index (χ1) is 6.27. The molecule has 0 aliphatic heterocycles. The second kappa shape index (κ2) is 4.87. The molecule has 0 heterocycles. The fourth-order valence-electron chi connectivity index (χ4n) is 1.38. The molecule has 0 aliphatic rings. The van der Waals surface area contributed by atoms with E-state index in [-0.39, 0.29) is 0 Å². The van der Waals surface area contributed by atoms with Crippen LogP contribution in [-0.4, -0.2) is 19.6 Å². The Bertz CT molecular complexity index is 241. The summed E-state index contributed by atoms with van der Waals surface area (Å²) < 4.78 is 0. The van der Waals surface area contributed by atoms with Gasteiger partial charge in [-0.2, -0.15) is 0 Å². The Kier molecular flexibility index (Phi) is 3.77. The fourth-order valence-corrected chi connectivity index (χ4v) is 1.38. The van der Waals surface area contributed by atoms with Crippen molar-refractivity contribution in [3.8, 4) is 0 Å². The molecule has 0 unspecified atom stereocenters. The molecule has 0 aliphatic carbocycles. The molecule has 1 aromatic rings. The van der Waals surface area contributed by atoms with Gasteiger partial charge in [-0.15, -0.1) is 0 Å². The molecule has 2 heteroatoms. The largest absolute Gasteiger partial charge is 0.371 e. The van der Waals surface area contributed by atoms with Crippen LogP contribution in [-0.2, 0) is 0 Å². The van der Waals surface area contributed by atoms with Gasteiger partial charge in [0.2, 0.25) is 0 Å². The van der Waals surface area contributed by atoms with E-state index >= 15 is 0 Å². The average molecular weight is 178 g/mol. The topological polar surface area (TPSA) is 29.3 Å². The maximum atomic E-state index is 5.53. The molecule has 72 valence electrons. The fraction of sp³-hybridized carbons (Fsp3) is 0.455. The number of aryl methyl sites for hydroxylation is 1. The minimum atomic E-state index is 0.710. The molecule has 0 aromatic heterocycles. The molecule has 0 atom stereocenters. The van der Waals surface area contributed by atoms with E-state index in [4.69, 9.17) is 5.73 Å². The van der Waals surface area contributed by atoms with Crippen molar-refractivity contribution in [1.29, 1.82) is 0 Å². The molecule has 13 heavy (non-hydrogen) atoms. The molecule has 0 fully saturated rings. The standard InChI is InChI=1S/C11H18N2/c1-3-13(9-8-12)11-6-4-10(2)5-7-11/h4-7H,3,8-9,12H2,1-2H3. The monoisotopic (exact) mass is 178 g/mol. The quantitative estimate of drug-likeness (QED) is 0.761. The van der Waals surface area contributed by atoms with Gasteiger partial charge in [-0.1, -0.05) is 17.7 Å². The van der Waals surface area contributed by atoms with Gasteiger partial charge in [-0.3, -0.25) is 0 Å². The third-order valence-corrected chi connectivity index (χ3v) is 2.18. The van der Waals surface area contributed by atoms with Crippen LogP contribution >= 0.6 is 0 Å². The summed E-state index contributed by atoms with van der Waals surface area (Å²) in [6.07, 6.45) is 0. The van der Waals surface area contributed by atoms with Crippen LogP contribution in [0.25, 0.3) is 0 Å². The highest BCUT2D eigenvalue weighted by molar-refractivity contribution is 5.47. The lowest BCUT2D eigenvalue weighted by Gasteiger charge is -2.22. The molecule has 2 N–H and O–H groups in total. The third kappa shape index (κ3) is 2.74. The van der Waals surface area contributed by atoms with Crippen molar-refractivity contribution in [1.82, 2.24) is 0 Å². The lowest BCUT2D eigenvalue weighted by Crippen LogP contribution is -2.28. The number of benzene rings is 1. The number of nitrogens with two attached hydrogens (primary N) is 1. The molecule has 0 spiro atoms. The van der Waals surface area contributed by atoms with Gasteiger partial charge in [0.15, 0.2) is 0 Å². The number of hydrogen-bond acceptors (Lipinski definition) is 2. The number of likely N-dealkylation sites (N-methyl/N-ethyl adjacent to an activating group) is 1. The van der Waals surface area contributed by atoms with Crippen molar-refractivity contribution in [2.75, 3.05) is 24.5 Å². The van der Waals surface area contributed by atoms with E-state index in [9.17, 15) is 0 Å². The van der Waals surface area contributed by atoms with E-state index in [0.29, 0.717) is 6.54 Å². The predicted molar refractivity (Wildman–Crippen MR) is 58.1 cm³/mol. The van der Waals surface area contributed by atoms with Crippen LogP contribution in [0.15, 0.2) is 24.3 Å². The van der Waals surface area contributed by atoms with Crippen LogP contribution in [0.3, 0.4) is 0 Å². The first-order valence-corrected chi connectivity index (χ1v) is 4.79. The summed E-state index contributed by atoms with van der Waals surface area (Å²) in [5.74, 6) is 0. The van der Waals surface area contributed by atoms with Crippen molar-refractivity contribution < 1.29 is 0 Å². The van der Waals surface area contributed by atoms with Crippen LogP contribution in [0.1, 0.15) is 12.5 Å². The number of hydrogen-bond donors (Lipinski definition) is 1. The van der Waals surface area contributed by atoms with Gasteiger partial charge in [0.1, 0.15) is 0 Å². The number of nitrogens with zero attached hydrogens (tertiary/aromatic N) is 1. The van der Waals surface area contributed by atoms with Gasteiger partial charge in [-0.05, 0) is 26.0 Å². The highest BCUT2D eigenvalue weighted by Crippen LogP contribution is 2.13. The summed E-state index contributed by atoms with van der Waals surface area (Å²) in [6, 6.07) is 8.56. The van der Waals surface area contributed by atoms with E-state index in [1.54, 1.807) is 0 Å². The Balaban J connectivity index is 2.73. The molecule has 2 nitrogen and oxygen atoms in total. The Hall–Kier alpha value is -1.02. The van der Waals surface area contributed by atoms with Crippen molar-refractivity contribution >= 4 is 5.69 Å². The minimum absolute atomic E-state index is 0.710. The molecule has 0 saturated heterocycles. The lowest BCUT2D eigenvalue weighted by molar-refractivity contribution is 0.817. The Morgan fingerprint density at radius 2 is 1.85 bits per heavy atom. The van der Waals surface area contributed by atoms with Crippen LogP contribution in [0.5, 0.6) is 0 Å². The molecule has 0 bridgehead atoms.